The zero-order valence-corrected chi connectivity index (χ0v) is 20.2. The monoisotopic (exact) mass is 470 g/mol. The maximum atomic E-state index is 13.6. The SMILES string of the molecule is CCC(C)NC(=O)CN(Cc1ccc(Cl)c(Cl)c1)S(=O)(=O)c1c(C)cc(C)cc1C. The zero-order valence-electron chi connectivity index (χ0n) is 17.9. The van der Waals surface area contributed by atoms with Crippen LogP contribution in [-0.4, -0.2) is 31.2 Å². The Morgan fingerprint density at radius 1 is 1.07 bits per heavy atom. The summed E-state index contributed by atoms with van der Waals surface area (Å²) in [6, 6.07) is 8.56. The topological polar surface area (TPSA) is 66.5 Å². The summed E-state index contributed by atoms with van der Waals surface area (Å²) in [5, 5.41) is 3.55. The summed E-state index contributed by atoms with van der Waals surface area (Å²) in [4.78, 5) is 12.8. The molecule has 2 aromatic rings. The second-order valence-corrected chi connectivity index (χ2v) is 10.3. The van der Waals surface area contributed by atoms with Gasteiger partial charge in [-0.3, -0.25) is 4.79 Å². The average molecular weight is 471 g/mol. The third-order valence-corrected chi connectivity index (χ3v) is 7.72. The lowest BCUT2D eigenvalue weighted by Crippen LogP contribution is -2.43. The Morgan fingerprint density at radius 3 is 2.20 bits per heavy atom. The highest BCUT2D eigenvalue weighted by molar-refractivity contribution is 7.89. The second-order valence-electron chi connectivity index (χ2n) is 7.63. The van der Waals surface area contributed by atoms with Crippen LogP contribution in [0.1, 0.15) is 42.5 Å². The number of halogens is 2. The van der Waals surface area contributed by atoms with Crippen molar-refractivity contribution in [2.24, 2.45) is 0 Å². The van der Waals surface area contributed by atoms with E-state index >= 15 is 0 Å². The van der Waals surface area contributed by atoms with E-state index in [1.807, 2.05) is 32.9 Å². The van der Waals surface area contributed by atoms with Crippen molar-refractivity contribution >= 4 is 39.1 Å². The zero-order chi connectivity index (χ0) is 22.6. The predicted molar refractivity (Wildman–Crippen MR) is 123 cm³/mol. The van der Waals surface area contributed by atoms with Crippen molar-refractivity contribution in [3.63, 3.8) is 0 Å². The number of amides is 1. The van der Waals surface area contributed by atoms with E-state index in [1.54, 1.807) is 32.0 Å². The summed E-state index contributed by atoms with van der Waals surface area (Å²) in [5.74, 6) is -0.351. The first kappa shape index (κ1) is 24.7. The van der Waals surface area contributed by atoms with Crippen LogP contribution < -0.4 is 5.32 Å². The van der Waals surface area contributed by atoms with E-state index in [1.165, 1.54) is 4.31 Å². The quantitative estimate of drug-likeness (QED) is 0.588. The van der Waals surface area contributed by atoms with Crippen LogP contribution in [-0.2, 0) is 21.4 Å². The fourth-order valence-electron chi connectivity index (χ4n) is 3.35. The third kappa shape index (κ3) is 5.97. The Kier molecular flexibility index (Phi) is 8.34. The average Bonchev–Trinajstić information content (AvgIpc) is 2.62. The molecule has 0 fully saturated rings. The van der Waals surface area contributed by atoms with Gasteiger partial charge in [0.25, 0.3) is 0 Å². The van der Waals surface area contributed by atoms with Crippen LogP contribution in [0.2, 0.25) is 10.0 Å². The largest absolute Gasteiger partial charge is 0.353 e. The van der Waals surface area contributed by atoms with Crippen LogP contribution in [0.15, 0.2) is 35.2 Å². The van der Waals surface area contributed by atoms with Crippen molar-refractivity contribution in [1.29, 1.82) is 0 Å². The van der Waals surface area contributed by atoms with Gasteiger partial charge in [0.15, 0.2) is 0 Å². The molecule has 5 nitrogen and oxygen atoms in total. The molecule has 1 unspecified atom stereocenters. The number of hydrogen-bond donors (Lipinski definition) is 1. The lowest BCUT2D eigenvalue weighted by atomic mass is 10.1. The molecule has 0 saturated heterocycles. The van der Waals surface area contributed by atoms with Crippen molar-refractivity contribution in [2.75, 3.05) is 6.54 Å². The fraction of sp³-hybridized carbons (Fsp3) is 0.409. The molecule has 2 aromatic carbocycles. The molecule has 1 N–H and O–H groups in total. The number of carbonyl (C=O) groups is 1. The predicted octanol–water partition coefficient (Wildman–Crippen LogP) is 5.02. The van der Waals surface area contributed by atoms with Crippen LogP contribution in [0, 0.1) is 20.8 Å². The first-order chi connectivity index (χ1) is 13.9. The Labute approximate surface area is 189 Å². The second kappa shape index (κ2) is 10.1. The molecular weight excluding hydrogens is 443 g/mol. The first-order valence-corrected chi connectivity index (χ1v) is 12.0. The highest BCUT2D eigenvalue weighted by Gasteiger charge is 2.30. The molecule has 0 heterocycles. The smallest absolute Gasteiger partial charge is 0.244 e. The summed E-state index contributed by atoms with van der Waals surface area (Å²) >= 11 is 12.1. The van der Waals surface area contributed by atoms with E-state index in [-0.39, 0.29) is 29.9 Å². The first-order valence-electron chi connectivity index (χ1n) is 9.77. The minimum atomic E-state index is -3.94. The summed E-state index contributed by atoms with van der Waals surface area (Å²) in [7, 11) is -3.94. The molecule has 164 valence electrons. The van der Waals surface area contributed by atoms with Gasteiger partial charge in [-0.05, 0) is 62.9 Å². The number of carbonyl (C=O) groups excluding carboxylic acids is 1. The normalized spacial score (nSPS) is 12.8. The van der Waals surface area contributed by atoms with Gasteiger partial charge >= 0.3 is 0 Å². The molecule has 30 heavy (non-hydrogen) atoms. The van der Waals surface area contributed by atoms with Crippen molar-refractivity contribution in [2.45, 2.75) is 58.5 Å². The van der Waals surface area contributed by atoms with Gasteiger partial charge in [0.05, 0.1) is 21.5 Å². The van der Waals surface area contributed by atoms with Crippen molar-refractivity contribution in [3.05, 3.63) is 62.6 Å². The van der Waals surface area contributed by atoms with Gasteiger partial charge < -0.3 is 5.32 Å². The standard InChI is InChI=1S/C22H28Cl2N2O3S/c1-6-17(5)25-21(27)13-26(12-18-7-8-19(23)20(24)11-18)30(28,29)22-15(3)9-14(2)10-16(22)4/h7-11,17H,6,12-13H2,1-5H3,(H,25,27). The molecule has 8 heteroatoms. The van der Waals surface area contributed by atoms with E-state index in [0.717, 1.165) is 12.0 Å². The number of nitrogens with zero attached hydrogens (tertiary/aromatic N) is 1. The Hall–Kier alpha value is -1.60. The van der Waals surface area contributed by atoms with Crippen molar-refractivity contribution in [1.82, 2.24) is 9.62 Å². The maximum absolute atomic E-state index is 13.6. The minimum absolute atomic E-state index is 0.0000946. The number of rotatable bonds is 8. The highest BCUT2D eigenvalue weighted by atomic mass is 35.5. The minimum Gasteiger partial charge on any atom is -0.353 e. The van der Waals surface area contributed by atoms with Crippen molar-refractivity contribution < 1.29 is 13.2 Å². The number of sulfonamides is 1. The maximum Gasteiger partial charge on any atom is 0.244 e. The highest BCUT2D eigenvalue weighted by Crippen LogP contribution is 2.28. The summed E-state index contributed by atoms with van der Waals surface area (Å²) < 4.78 is 28.4. The van der Waals surface area contributed by atoms with Crippen molar-refractivity contribution in [3.8, 4) is 0 Å². The molecule has 0 aliphatic heterocycles. The number of benzene rings is 2. The van der Waals surface area contributed by atoms with Gasteiger partial charge in [-0.25, -0.2) is 8.42 Å². The number of hydrogen-bond acceptors (Lipinski definition) is 3. The molecule has 2 rings (SSSR count). The molecule has 0 aliphatic rings. The number of nitrogens with one attached hydrogen (secondary N) is 1. The van der Waals surface area contributed by atoms with Gasteiger partial charge in [0, 0.05) is 12.6 Å². The fourth-order valence-corrected chi connectivity index (χ4v) is 5.47. The van der Waals surface area contributed by atoms with Gasteiger partial charge in [0.2, 0.25) is 15.9 Å². The Morgan fingerprint density at radius 2 is 1.67 bits per heavy atom. The molecule has 0 spiro atoms. The summed E-state index contributed by atoms with van der Waals surface area (Å²) in [5.41, 5.74) is 2.92. The Balaban J connectivity index is 2.48. The van der Waals surface area contributed by atoms with Crippen LogP contribution in [0.3, 0.4) is 0 Å². The van der Waals surface area contributed by atoms with Crippen LogP contribution >= 0.6 is 23.2 Å². The van der Waals surface area contributed by atoms with Crippen LogP contribution in [0.25, 0.3) is 0 Å². The molecule has 0 radical (unpaired) electrons. The molecule has 0 aliphatic carbocycles. The molecular formula is C22H28Cl2N2O3S. The molecule has 0 saturated carbocycles. The molecule has 1 amide bonds. The van der Waals surface area contributed by atoms with Gasteiger partial charge in [-0.15, -0.1) is 0 Å². The Bertz CT molecular complexity index is 1020. The summed E-state index contributed by atoms with van der Waals surface area (Å²) in [6.07, 6.45) is 0.751. The van der Waals surface area contributed by atoms with Gasteiger partial charge in [-0.2, -0.15) is 4.31 Å². The summed E-state index contributed by atoms with van der Waals surface area (Å²) in [6.45, 7) is 8.99. The lowest BCUT2D eigenvalue weighted by molar-refractivity contribution is -0.122. The van der Waals surface area contributed by atoms with E-state index in [2.05, 4.69) is 5.32 Å². The van der Waals surface area contributed by atoms with E-state index < -0.39 is 10.0 Å². The van der Waals surface area contributed by atoms with Crippen LogP contribution in [0.5, 0.6) is 0 Å². The van der Waals surface area contributed by atoms with Gasteiger partial charge in [0.1, 0.15) is 0 Å². The third-order valence-electron chi connectivity index (χ3n) is 4.89. The molecule has 1 atom stereocenters. The molecule has 0 aromatic heterocycles. The lowest BCUT2D eigenvalue weighted by Gasteiger charge is -2.25. The van der Waals surface area contributed by atoms with E-state index in [0.29, 0.717) is 26.7 Å². The number of aryl methyl sites for hydroxylation is 3. The van der Waals surface area contributed by atoms with E-state index in [4.69, 9.17) is 23.2 Å². The molecule has 0 bridgehead atoms. The van der Waals surface area contributed by atoms with Gasteiger partial charge in [-0.1, -0.05) is 53.9 Å². The van der Waals surface area contributed by atoms with E-state index in [9.17, 15) is 13.2 Å². The van der Waals surface area contributed by atoms with Crippen LogP contribution in [0.4, 0.5) is 0 Å².